The highest BCUT2D eigenvalue weighted by molar-refractivity contribution is 9.10. The molecule has 2 aromatic carbocycles. The van der Waals surface area contributed by atoms with Crippen molar-refractivity contribution in [1.82, 2.24) is 0 Å². The first-order valence-corrected chi connectivity index (χ1v) is 7.37. The van der Waals surface area contributed by atoms with Gasteiger partial charge in [-0.3, -0.25) is 0 Å². The van der Waals surface area contributed by atoms with Crippen molar-refractivity contribution >= 4 is 15.9 Å². The van der Waals surface area contributed by atoms with Crippen LogP contribution in [0.3, 0.4) is 0 Å². The minimum Gasteiger partial charge on any atom is -0.488 e. The third-order valence-electron chi connectivity index (χ3n) is 3.61. The normalized spacial score (nSPS) is 18.4. The Hall–Kier alpha value is -1.39. The number of hydrogen-bond acceptors (Lipinski definition) is 2. The number of hydrogen-bond donors (Lipinski definition) is 1. The zero-order valence-electron chi connectivity index (χ0n) is 10.9. The van der Waals surface area contributed by atoms with Gasteiger partial charge in [-0.05, 0) is 41.8 Å². The first kappa shape index (κ1) is 13.6. The summed E-state index contributed by atoms with van der Waals surface area (Å²) in [5, 5.41) is 0. The second kappa shape index (κ2) is 5.54. The third kappa shape index (κ3) is 2.72. The van der Waals surface area contributed by atoms with Crippen LogP contribution < -0.4 is 10.5 Å². The van der Waals surface area contributed by atoms with Gasteiger partial charge < -0.3 is 10.5 Å². The van der Waals surface area contributed by atoms with Gasteiger partial charge in [-0.25, -0.2) is 4.39 Å². The minimum absolute atomic E-state index is 0.0919. The quantitative estimate of drug-likeness (QED) is 0.932. The van der Waals surface area contributed by atoms with Crippen LogP contribution >= 0.6 is 15.9 Å². The maximum absolute atomic E-state index is 13.8. The number of fused-ring (bicyclic) bond motifs is 1. The molecule has 1 aliphatic heterocycles. The van der Waals surface area contributed by atoms with E-state index in [2.05, 4.69) is 15.9 Å². The van der Waals surface area contributed by atoms with E-state index in [0.29, 0.717) is 12.0 Å². The fourth-order valence-corrected chi connectivity index (χ4v) is 2.94. The number of halogens is 2. The summed E-state index contributed by atoms with van der Waals surface area (Å²) in [7, 11) is 0. The van der Waals surface area contributed by atoms with E-state index >= 15 is 0 Å². The molecule has 1 heterocycles. The summed E-state index contributed by atoms with van der Waals surface area (Å²) in [4.78, 5) is 0. The number of benzene rings is 2. The van der Waals surface area contributed by atoms with Crippen LogP contribution in [0.5, 0.6) is 5.75 Å². The van der Waals surface area contributed by atoms with Crippen LogP contribution in [0.2, 0.25) is 0 Å². The van der Waals surface area contributed by atoms with Crippen LogP contribution in [0.15, 0.2) is 46.9 Å². The number of para-hydroxylation sites is 1. The predicted octanol–water partition coefficient (Wildman–Crippen LogP) is 3.46. The summed E-state index contributed by atoms with van der Waals surface area (Å²) in [5.41, 5.74) is 7.99. The molecule has 1 aliphatic rings. The summed E-state index contributed by atoms with van der Waals surface area (Å²) >= 11 is 3.35. The van der Waals surface area contributed by atoms with E-state index in [4.69, 9.17) is 10.5 Å². The van der Waals surface area contributed by atoms with Crippen LogP contribution in [0.25, 0.3) is 0 Å². The first-order valence-electron chi connectivity index (χ1n) is 6.57. The maximum atomic E-state index is 13.8. The van der Waals surface area contributed by atoms with E-state index < -0.39 is 0 Å². The predicted molar refractivity (Wildman–Crippen MR) is 80.3 cm³/mol. The van der Waals surface area contributed by atoms with Crippen LogP contribution in [0, 0.1) is 5.82 Å². The molecule has 0 amide bonds. The Bertz CT molecular complexity index is 607. The van der Waals surface area contributed by atoms with Gasteiger partial charge >= 0.3 is 0 Å². The lowest BCUT2D eigenvalue weighted by atomic mass is 9.98. The highest BCUT2D eigenvalue weighted by Crippen LogP contribution is 2.30. The molecule has 0 spiro atoms. The number of rotatable bonds is 3. The zero-order valence-corrected chi connectivity index (χ0v) is 12.4. The average molecular weight is 336 g/mol. The van der Waals surface area contributed by atoms with E-state index in [1.807, 2.05) is 24.3 Å². The van der Waals surface area contributed by atoms with Gasteiger partial charge in [0, 0.05) is 16.9 Å². The molecule has 4 heteroatoms. The van der Waals surface area contributed by atoms with Crippen LogP contribution in [-0.2, 0) is 12.8 Å². The number of nitrogens with two attached hydrogens (primary N) is 1. The molecule has 0 fully saturated rings. The summed E-state index contributed by atoms with van der Waals surface area (Å²) in [5.74, 6) is 0.668. The molecule has 2 atom stereocenters. The maximum Gasteiger partial charge on any atom is 0.126 e. The standard InChI is InChI=1S/C16H15BrFNO/c17-12-5-6-13(18)11(7-12)8-14(19)16-9-10-3-1-2-4-15(10)20-16/h1-7,14,16H,8-9,19H2. The van der Waals surface area contributed by atoms with E-state index in [-0.39, 0.29) is 18.0 Å². The molecular weight excluding hydrogens is 321 g/mol. The lowest BCUT2D eigenvalue weighted by Crippen LogP contribution is -2.39. The Morgan fingerprint density at radius 3 is 2.90 bits per heavy atom. The second-order valence-electron chi connectivity index (χ2n) is 5.07. The molecule has 0 saturated carbocycles. The van der Waals surface area contributed by atoms with E-state index in [0.717, 1.165) is 16.6 Å². The van der Waals surface area contributed by atoms with Gasteiger partial charge in [0.05, 0.1) is 0 Å². The Kier molecular flexibility index (Phi) is 3.76. The van der Waals surface area contributed by atoms with Gasteiger partial charge in [0.1, 0.15) is 17.7 Å². The smallest absolute Gasteiger partial charge is 0.126 e. The van der Waals surface area contributed by atoms with Crippen LogP contribution in [0.1, 0.15) is 11.1 Å². The fraction of sp³-hybridized carbons (Fsp3) is 0.250. The molecule has 2 aromatic rings. The Morgan fingerprint density at radius 2 is 2.10 bits per heavy atom. The van der Waals surface area contributed by atoms with E-state index in [1.165, 1.54) is 11.6 Å². The fourth-order valence-electron chi connectivity index (χ4n) is 2.53. The Labute approximate surface area is 125 Å². The topological polar surface area (TPSA) is 35.2 Å². The zero-order chi connectivity index (χ0) is 14.1. The molecule has 20 heavy (non-hydrogen) atoms. The Balaban J connectivity index is 1.72. The summed E-state index contributed by atoms with van der Waals surface area (Å²) in [6, 6.07) is 12.6. The van der Waals surface area contributed by atoms with Gasteiger partial charge in [0.15, 0.2) is 0 Å². The molecule has 0 aliphatic carbocycles. The SMILES string of the molecule is NC(Cc1cc(Br)ccc1F)C1Cc2ccccc2O1. The van der Waals surface area contributed by atoms with Crippen molar-refractivity contribution in [1.29, 1.82) is 0 Å². The van der Waals surface area contributed by atoms with Crippen LogP contribution in [-0.4, -0.2) is 12.1 Å². The lowest BCUT2D eigenvalue weighted by Gasteiger charge is -2.19. The third-order valence-corrected chi connectivity index (χ3v) is 4.11. The molecule has 3 rings (SSSR count). The van der Waals surface area contributed by atoms with Gasteiger partial charge in [-0.15, -0.1) is 0 Å². The lowest BCUT2D eigenvalue weighted by molar-refractivity contribution is 0.197. The van der Waals surface area contributed by atoms with Gasteiger partial charge in [-0.1, -0.05) is 34.1 Å². The van der Waals surface area contributed by atoms with Crippen molar-refractivity contribution in [2.75, 3.05) is 0 Å². The van der Waals surface area contributed by atoms with Gasteiger partial charge in [0.2, 0.25) is 0 Å². The monoisotopic (exact) mass is 335 g/mol. The van der Waals surface area contributed by atoms with E-state index in [9.17, 15) is 4.39 Å². The molecule has 0 bridgehead atoms. The average Bonchev–Trinajstić information content (AvgIpc) is 2.87. The van der Waals surface area contributed by atoms with Crippen molar-refractivity contribution in [3.05, 3.63) is 63.9 Å². The molecule has 2 unspecified atom stereocenters. The van der Waals surface area contributed by atoms with Crippen LogP contribution in [0.4, 0.5) is 4.39 Å². The number of ether oxygens (including phenoxy) is 1. The molecular formula is C16H15BrFNO. The largest absolute Gasteiger partial charge is 0.488 e. The highest BCUT2D eigenvalue weighted by atomic mass is 79.9. The Morgan fingerprint density at radius 1 is 1.30 bits per heavy atom. The summed E-state index contributed by atoms with van der Waals surface area (Å²) < 4.78 is 20.5. The van der Waals surface area contributed by atoms with E-state index in [1.54, 1.807) is 12.1 Å². The first-order chi connectivity index (χ1) is 9.63. The van der Waals surface area contributed by atoms with Crippen molar-refractivity contribution < 1.29 is 9.13 Å². The molecule has 0 radical (unpaired) electrons. The van der Waals surface area contributed by atoms with Crippen molar-refractivity contribution in [2.45, 2.75) is 25.0 Å². The van der Waals surface area contributed by atoms with Crippen molar-refractivity contribution in [3.8, 4) is 5.75 Å². The second-order valence-corrected chi connectivity index (χ2v) is 5.99. The minimum atomic E-state index is -0.230. The molecule has 0 aromatic heterocycles. The highest BCUT2D eigenvalue weighted by Gasteiger charge is 2.28. The molecule has 2 N–H and O–H groups in total. The molecule has 0 saturated heterocycles. The molecule has 104 valence electrons. The summed E-state index contributed by atoms with van der Waals surface area (Å²) in [6.07, 6.45) is 1.16. The van der Waals surface area contributed by atoms with Gasteiger partial charge in [0.25, 0.3) is 0 Å². The molecule has 2 nitrogen and oxygen atoms in total. The van der Waals surface area contributed by atoms with Gasteiger partial charge in [-0.2, -0.15) is 0 Å². The van der Waals surface area contributed by atoms with Crippen molar-refractivity contribution in [2.24, 2.45) is 5.73 Å². The summed E-state index contributed by atoms with van der Waals surface area (Å²) in [6.45, 7) is 0. The van der Waals surface area contributed by atoms with Crippen molar-refractivity contribution in [3.63, 3.8) is 0 Å².